The van der Waals surface area contributed by atoms with Crippen molar-refractivity contribution in [1.29, 1.82) is 0 Å². The molecule has 2 aromatic rings. The van der Waals surface area contributed by atoms with Crippen molar-refractivity contribution < 1.29 is 12.8 Å². The number of halogens is 2. The minimum Gasteiger partial charge on any atom is -0.399 e. The second kappa shape index (κ2) is 5.63. The Morgan fingerprint density at radius 1 is 1.19 bits per heavy atom. The predicted octanol–water partition coefficient (Wildman–Crippen LogP) is 2.87. The van der Waals surface area contributed by atoms with Gasteiger partial charge in [0.1, 0.15) is 5.82 Å². The molecule has 0 saturated carbocycles. The third kappa shape index (κ3) is 3.72. The number of sulfonamides is 1. The lowest BCUT2D eigenvalue weighted by Gasteiger charge is -2.12. The average molecular weight is 374 g/mol. The van der Waals surface area contributed by atoms with Gasteiger partial charge in [0.2, 0.25) is 10.0 Å². The first-order chi connectivity index (χ1) is 9.66. The van der Waals surface area contributed by atoms with Crippen LogP contribution < -0.4 is 16.2 Å². The Bertz CT molecular complexity index is 809. The van der Waals surface area contributed by atoms with E-state index < -0.39 is 15.8 Å². The van der Waals surface area contributed by atoms with Crippen molar-refractivity contribution in [1.82, 2.24) is 0 Å². The molecule has 0 atom stereocenters. The summed E-state index contributed by atoms with van der Waals surface area (Å²) in [6.07, 6.45) is 0. The van der Waals surface area contributed by atoms with Gasteiger partial charge in [0.05, 0.1) is 9.37 Å². The van der Waals surface area contributed by atoms with Gasteiger partial charge in [-0.05, 0) is 58.7 Å². The molecule has 0 bridgehead atoms. The molecule has 21 heavy (non-hydrogen) atoms. The zero-order valence-electron chi connectivity index (χ0n) is 11.0. The fourth-order valence-electron chi connectivity index (χ4n) is 1.79. The van der Waals surface area contributed by atoms with Crippen molar-refractivity contribution >= 4 is 43.0 Å². The molecular weight excluding hydrogens is 361 g/mol. The van der Waals surface area contributed by atoms with Gasteiger partial charge in [0.25, 0.3) is 0 Å². The quantitative estimate of drug-likeness (QED) is 0.720. The summed E-state index contributed by atoms with van der Waals surface area (Å²) in [7, 11) is -3.87. The number of nitrogen functional groups attached to an aromatic ring is 1. The summed E-state index contributed by atoms with van der Waals surface area (Å²) in [5.41, 5.74) is 7.58. The lowest BCUT2D eigenvalue weighted by Crippen LogP contribution is -2.12. The Balaban J connectivity index is 2.45. The van der Waals surface area contributed by atoms with Crippen molar-refractivity contribution in [2.75, 3.05) is 11.1 Å². The predicted molar refractivity (Wildman–Crippen MR) is 84.3 cm³/mol. The molecule has 112 valence electrons. The molecule has 0 heterocycles. The van der Waals surface area contributed by atoms with Gasteiger partial charge >= 0.3 is 0 Å². The van der Waals surface area contributed by atoms with E-state index in [-0.39, 0.29) is 10.6 Å². The molecule has 0 amide bonds. The molecule has 0 spiro atoms. The van der Waals surface area contributed by atoms with Crippen LogP contribution in [0.1, 0.15) is 5.56 Å². The van der Waals surface area contributed by atoms with Gasteiger partial charge in [-0.2, -0.15) is 0 Å². The minimum atomic E-state index is -3.87. The highest BCUT2D eigenvalue weighted by Crippen LogP contribution is 2.28. The van der Waals surface area contributed by atoms with E-state index in [9.17, 15) is 12.8 Å². The van der Waals surface area contributed by atoms with Crippen LogP contribution >= 0.6 is 15.9 Å². The highest BCUT2D eigenvalue weighted by Gasteiger charge is 2.11. The van der Waals surface area contributed by atoms with E-state index in [4.69, 9.17) is 10.9 Å². The van der Waals surface area contributed by atoms with E-state index in [1.54, 1.807) is 13.0 Å². The average Bonchev–Trinajstić information content (AvgIpc) is 2.34. The summed E-state index contributed by atoms with van der Waals surface area (Å²) in [5.74, 6) is -0.432. The monoisotopic (exact) mass is 373 g/mol. The van der Waals surface area contributed by atoms with Crippen molar-refractivity contribution in [3.63, 3.8) is 0 Å². The maximum Gasteiger partial charge on any atom is 0.238 e. The Morgan fingerprint density at radius 3 is 2.48 bits per heavy atom. The second-order valence-electron chi connectivity index (χ2n) is 4.54. The summed E-state index contributed by atoms with van der Waals surface area (Å²) >= 11 is 3.10. The Hall–Kier alpha value is -1.64. The van der Waals surface area contributed by atoms with E-state index in [2.05, 4.69) is 21.2 Å². The van der Waals surface area contributed by atoms with Crippen LogP contribution in [0.4, 0.5) is 21.5 Å². The van der Waals surface area contributed by atoms with Gasteiger partial charge in [-0.25, -0.2) is 17.9 Å². The zero-order chi connectivity index (χ0) is 15.8. The first kappa shape index (κ1) is 15.7. The number of rotatable bonds is 3. The fourth-order valence-corrected chi connectivity index (χ4v) is 2.84. The third-order valence-electron chi connectivity index (χ3n) is 2.80. The number of hydrogen-bond acceptors (Lipinski definition) is 4. The molecule has 0 fully saturated rings. The van der Waals surface area contributed by atoms with Crippen LogP contribution in [0.25, 0.3) is 0 Å². The standard InChI is InChI=1S/C13H13BrFN3O2S/c1-7-2-11(14)12(15)6-13(7)18-9-3-8(16)4-10(5-9)21(17,19)20/h2-6,18H,16H2,1H3,(H2,17,19,20). The van der Waals surface area contributed by atoms with Crippen molar-refractivity contribution in [3.05, 3.63) is 46.2 Å². The van der Waals surface area contributed by atoms with Crippen molar-refractivity contribution in [2.24, 2.45) is 5.14 Å². The Labute approximate surface area is 130 Å². The SMILES string of the molecule is Cc1cc(Br)c(F)cc1Nc1cc(N)cc(S(N)(=O)=O)c1. The molecule has 0 aliphatic heterocycles. The van der Waals surface area contributed by atoms with Crippen LogP contribution in [-0.4, -0.2) is 8.42 Å². The second-order valence-corrected chi connectivity index (χ2v) is 6.96. The molecule has 0 saturated heterocycles. The van der Waals surface area contributed by atoms with Crippen LogP contribution in [0, 0.1) is 12.7 Å². The van der Waals surface area contributed by atoms with E-state index in [0.29, 0.717) is 15.8 Å². The largest absolute Gasteiger partial charge is 0.399 e. The summed E-state index contributed by atoms with van der Waals surface area (Å²) < 4.78 is 36.7. The molecule has 0 unspecified atom stereocenters. The molecule has 2 rings (SSSR count). The van der Waals surface area contributed by atoms with Crippen LogP contribution in [0.3, 0.4) is 0 Å². The van der Waals surface area contributed by atoms with Crippen LogP contribution in [-0.2, 0) is 10.0 Å². The molecule has 0 aromatic heterocycles. The van der Waals surface area contributed by atoms with E-state index in [1.165, 1.54) is 24.3 Å². The van der Waals surface area contributed by atoms with Crippen molar-refractivity contribution in [3.8, 4) is 0 Å². The maximum atomic E-state index is 13.6. The summed E-state index contributed by atoms with van der Waals surface area (Å²) in [5, 5.41) is 8.02. The number of nitrogens with one attached hydrogen (secondary N) is 1. The maximum absolute atomic E-state index is 13.6. The van der Waals surface area contributed by atoms with E-state index in [1.807, 2.05) is 0 Å². The molecule has 5 N–H and O–H groups in total. The van der Waals surface area contributed by atoms with Crippen LogP contribution in [0.15, 0.2) is 39.7 Å². The molecule has 2 aromatic carbocycles. The number of hydrogen-bond donors (Lipinski definition) is 3. The zero-order valence-corrected chi connectivity index (χ0v) is 13.4. The number of benzene rings is 2. The number of primary sulfonamides is 1. The van der Waals surface area contributed by atoms with Crippen LogP contribution in [0.2, 0.25) is 0 Å². The summed E-state index contributed by atoms with van der Waals surface area (Å²) in [6.45, 7) is 1.79. The first-order valence-corrected chi connectivity index (χ1v) is 8.17. The molecule has 0 aliphatic carbocycles. The van der Waals surface area contributed by atoms with Gasteiger partial charge in [-0.3, -0.25) is 0 Å². The third-order valence-corrected chi connectivity index (χ3v) is 4.30. The highest BCUT2D eigenvalue weighted by atomic mass is 79.9. The van der Waals surface area contributed by atoms with Crippen LogP contribution in [0.5, 0.6) is 0 Å². The van der Waals surface area contributed by atoms with Gasteiger partial charge in [0, 0.05) is 17.1 Å². The lowest BCUT2D eigenvalue weighted by atomic mass is 10.2. The Morgan fingerprint density at radius 2 is 1.86 bits per heavy atom. The highest BCUT2D eigenvalue weighted by molar-refractivity contribution is 9.10. The van der Waals surface area contributed by atoms with E-state index in [0.717, 1.165) is 5.56 Å². The molecule has 5 nitrogen and oxygen atoms in total. The molecule has 0 aliphatic rings. The number of anilines is 3. The van der Waals surface area contributed by atoms with Gasteiger partial charge in [0.15, 0.2) is 0 Å². The van der Waals surface area contributed by atoms with Gasteiger partial charge in [-0.15, -0.1) is 0 Å². The Kier molecular flexibility index (Phi) is 4.22. The minimum absolute atomic E-state index is 0.111. The molecular formula is C13H13BrFN3O2S. The number of aryl methyl sites for hydroxylation is 1. The lowest BCUT2D eigenvalue weighted by molar-refractivity contribution is 0.598. The summed E-state index contributed by atoms with van der Waals surface area (Å²) in [6, 6.07) is 7.05. The summed E-state index contributed by atoms with van der Waals surface area (Å²) in [4.78, 5) is -0.111. The topological polar surface area (TPSA) is 98.2 Å². The first-order valence-electron chi connectivity index (χ1n) is 5.83. The van der Waals surface area contributed by atoms with Gasteiger partial charge < -0.3 is 11.1 Å². The van der Waals surface area contributed by atoms with E-state index >= 15 is 0 Å². The number of nitrogens with two attached hydrogens (primary N) is 2. The molecule has 8 heteroatoms. The van der Waals surface area contributed by atoms with Crippen molar-refractivity contribution in [2.45, 2.75) is 11.8 Å². The van der Waals surface area contributed by atoms with Gasteiger partial charge in [-0.1, -0.05) is 0 Å². The smallest absolute Gasteiger partial charge is 0.238 e. The molecule has 0 radical (unpaired) electrons. The fraction of sp³-hybridized carbons (Fsp3) is 0.0769. The normalized spacial score (nSPS) is 11.4.